The minimum Gasteiger partial charge on any atom is -0.478 e. The molecule has 25 heavy (non-hydrogen) atoms. The standard InChI is InChI=1S/C21H14O4/c22-12-19-17(10-11-18(21(24)25)20(19)13-23)16-9-5-4-8-15(16)14-6-2-1-3-7-14/h1-13H,(H,24,25). The molecule has 3 aromatic carbocycles. The molecule has 0 aliphatic heterocycles. The lowest BCUT2D eigenvalue weighted by atomic mass is 9.88. The van der Waals surface area contributed by atoms with Crippen molar-refractivity contribution in [1.82, 2.24) is 0 Å². The van der Waals surface area contributed by atoms with Crippen LogP contribution in [0.15, 0.2) is 66.7 Å². The molecule has 0 heterocycles. The summed E-state index contributed by atoms with van der Waals surface area (Å²) in [6.07, 6.45) is 0.953. The smallest absolute Gasteiger partial charge is 0.336 e. The van der Waals surface area contributed by atoms with Crippen molar-refractivity contribution in [3.05, 3.63) is 83.4 Å². The first-order chi connectivity index (χ1) is 12.2. The molecular weight excluding hydrogens is 316 g/mol. The number of aldehydes is 2. The highest BCUT2D eigenvalue weighted by Crippen LogP contribution is 2.35. The van der Waals surface area contributed by atoms with Crippen molar-refractivity contribution in [2.45, 2.75) is 0 Å². The number of hydrogen-bond acceptors (Lipinski definition) is 3. The summed E-state index contributed by atoms with van der Waals surface area (Å²) in [5.41, 5.74) is 2.94. The van der Waals surface area contributed by atoms with Crippen molar-refractivity contribution in [2.75, 3.05) is 0 Å². The van der Waals surface area contributed by atoms with Crippen LogP contribution in [0.3, 0.4) is 0 Å². The van der Waals surface area contributed by atoms with Crippen LogP contribution in [0, 0.1) is 0 Å². The first-order valence-corrected chi connectivity index (χ1v) is 7.63. The molecular formula is C21H14O4. The van der Waals surface area contributed by atoms with Gasteiger partial charge in [-0.05, 0) is 28.3 Å². The highest BCUT2D eigenvalue weighted by molar-refractivity contribution is 6.07. The molecule has 0 amide bonds. The SMILES string of the molecule is O=Cc1c(C(=O)O)ccc(-c2ccccc2-c2ccccc2)c1C=O. The van der Waals surface area contributed by atoms with Crippen LogP contribution in [0.1, 0.15) is 31.1 Å². The van der Waals surface area contributed by atoms with Gasteiger partial charge < -0.3 is 5.11 Å². The van der Waals surface area contributed by atoms with Gasteiger partial charge in [0.25, 0.3) is 0 Å². The predicted molar refractivity (Wildman–Crippen MR) is 95.0 cm³/mol. The summed E-state index contributed by atoms with van der Waals surface area (Å²) in [6.45, 7) is 0. The van der Waals surface area contributed by atoms with E-state index in [1.807, 2.05) is 54.6 Å². The Morgan fingerprint density at radius 2 is 1.28 bits per heavy atom. The second-order valence-electron chi connectivity index (χ2n) is 5.44. The Hall–Kier alpha value is -3.53. The fraction of sp³-hybridized carbons (Fsp3) is 0. The molecule has 0 fully saturated rings. The van der Waals surface area contributed by atoms with Crippen molar-refractivity contribution in [2.24, 2.45) is 0 Å². The van der Waals surface area contributed by atoms with Gasteiger partial charge in [0.1, 0.15) is 0 Å². The Kier molecular flexibility index (Phi) is 4.53. The highest BCUT2D eigenvalue weighted by Gasteiger charge is 2.19. The summed E-state index contributed by atoms with van der Waals surface area (Å²) >= 11 is 0. The number of carbonyl (C=O) groups is 3. The van der Waals surface area contributed by atoms with E-state index in [4.69, 9.17) is 0 Å². The minimum atomic E-state index is -1.24. The van der Waals surface area contributed by atoms with Crippen LogP contribution in [-0.2, 0) is 0 Å². The quantitative estimate of drug-likeness (QED) is 0.706. The number of carbonyl (C=O) groups excluding carboxylic acids is 2. The molecule has 0 spiro atoms. The molecule has 0 bridgehead atoms. The Balaban J connectivity index is 2.30. The van der Waals surface area contributed by atoms with Gasteiger partial charge in [0.05, 0.1) is 5.56 Å². The number of hydrogen-bond donors (Lipinski definition) is 1. The summed E-state index contributed by atoms with van der Waals surface area (Å²) in [7, 11) is 0. The molecule has 0 saturated carbocycles. The zero-order chi connectivity index (χ0) is 17.8. The van der Waals surface area contributed by atoms with Crippen LogP contribution in [0.2, 0.25) is 0 Å². The molecule has 3 aromatic rings. The van der Waals surface area contributed by atoms with Gasteiger partial charge in [-0.1, -0.05) is 60.7 Å². The monoisotopic (exact) mass is 330 g/mol. The van der Waals surface area contributed by atoms with Crippen LogP contribution in [0.5, 0.6) is 0 Å². The molecule has 0 aliphatic carbocycles. The van der Waals surface area contributed by atoms with E-state index >= 15 is 0 Å². The number of aromatic carboxylic acids is 1. The number of benzene rings is 3. The number of carboxylic acids is 1. The Labute approximate surface area is 144 Å². The number of rotatable bonds is 5. The summed E-state index contributed by atoms with van der Waals surface area (Å²) in [5.74, 6) is -1.24. The fourth-order valence-electron chi connectivity index (χ4n) is 2.90. The summed E-state index contributed by atoms with van der Waals surface area (Å²) < 4.78 is 0. The van der Waals surface area contributed by atoms with Crippen LogP contribution in [-0.4, -0.2) is 23.6 Å². The van der Waals surface area contributed by atoms with Gasteiger partial charge in [-0.2, -0.15) is 0 Å². The van der Waals surface area contributed by atoms with E-state index in [1.54, 1.807) is 6.07 Å². The Morgan fingerprint density at radius 1 is 0.680 bits per heavy atom. The molecule has 0 radical (unpaired) electrons. The van der Waals surface area contributed by atoms with Crippen molar-refractivity contribution < 1.29 is 19.5 Å². The molecule has 0 aromatic heterocycles. The van der Waals surface area contributed by atoms with Crippen molar-refractivity contribution in [3.8, 4) is 22.3 Å². The maximum absolute atomic E-state index is 11.7. The molecule has 0 unspecified atom stereocenters. The molecule has 0 aliphatic rings. The first kappa shape index (κ1) is 16.3. The second kappa shape index (κ2) is 6.93. The highest BCUT2D eigenvalue weighted by atomic mass is 16.4. The van der Waals surface area contributed by atoms with E-state index in [0.29, 0.717) is 18.1 Å². The van der Waals surface area contributed by atoms with Crippen LogP contribution < -0.4 is 0 Å². The van der Waals surface area contributed by atoms with Gasteiger partial charge in [0, 0.05) is 11.1 Å². The average molecular weight is 330 g/mol. The minimum absolute atomic E-state index is 0.0817. The second-order valence-corrected chi connectivity index (χ2v) is 5.44. The van der Waals surface area contributed by atoms with Gasteiger partial charge in [0.2, 0.25) is 0 Å². The first-order valence-electron chi connectivity index (χ1n) is 7.63. The largest absolute Gasteiger partial charge is 0.478 e. The maximum Gasteiger partial charge on any atom is 0.336 e. The third-order valence-electron chi connectivity index (χ3n) is 4.06. The molecule has 4 heteroatoms. The predicted octanol–water partition coefficient (Wildman–Crippen LogP) is 4.34. The summed E-state index contributed by atoms with van der Waals surface area (Å²) in [6, 6.07) is 20.1. The van der Waals surface area contributed by atoms with Crippen molar-refractivity contribution in [1.29, 1.82) is 0 Å². The summed E-state index contributed by atoms with van der Waals surface area (Å²) in [5, 5.41) is 9.24. The van der Waals surface area contributed by atoms with Gasteiger partial charge in [0.15, 0.2) is 12.6 Å². The number of carboxylic acid groups (broad SMARTS) is 1. The van der Waals surface area contributed by atoms with E-state index < -0.39 is 5.97 Å². The topological polar surface area (TPSA) is 71.4 Å². The zero-order valence-corrected chi connectivity index (χ0v) is 13.2. The molecule has 122 valence electrons. The van der Waals surface area contributed by atoms with Gasteiger partial charge in [-0.15, -0.1) is 0 Å². The summed E-state index contributed by atoms with van der Waals surface area (Å²) in [4.78, 5) is 34.4. The van der Waals surface area contributed by atoms with E-state index in [1.165, 1.54) is 6.07 Å². The van der Waals surface area contributed by atoms with Gasteiger partial charge in [-0.3, -0.25) is 9.59 Å². The molecule has 0 saturated heterocycles. The normalized spacial score (nSPS) is 10.2. The van der Waals surface area contributed by atoms with Crippen LogP contribution in [0.25, 0.3) is 22.3 Å². The van der Waals surface area contributed by atoms with E-state index in [0.717, 1.165) is 16.7 Å². The molecule has 3 rings (SSSR count). The van der Waals surface area contributed by atoms with Crippen LogP contribution >= 0.6 is 0 Å². The van der Waals surface area contributed by atoms with Gasteiger partial charge >= 0.3 is 5.97 Å². The third-order valence-corrected chi connectivity index (χ3v) is 4.06. The molecule has 4 nitrogen and oxygen atoms in total. The fourth-order valence-corrected chi connectivity index (χ4v) is 2.90. The lowest BCUT2D eigenvalue weighted by Gasteiger charge is -2.14. The van der Waals surface area contributed by atoms with Crippen molar-refractivity contribution in [3.63, 3.8) is 0 Å². The molecule has 0 atom stereocenters. The Bertz CT molecular complexity index is 959. The molecule has 1 N–H and O–H groups in total. The van der Waals surface area contributed by atoms with Gasteiger partial charge in [-0.25, -0.2) is 4.79 Å². The lowest BCUT2D eigenvalue weighted by Crippen LogP contribution is -2.06. The van der Waals surface area contributed by atoms with E-state index in [9.17, 15) is 19.5 Å². The zero-order valence-electron chi connectivity index (χ0n) is 13.2. The van der Waals surface area contributed by atoms with Crippen molar-refractivity contribution >= 4 is 18.5 Å². The van der Waals surface area contributed by atoms with E-state index in [-0.39, 0.29) is 16.7 Å². The lowest BCUT2D eigenvalue weighted by molar-refractivity contribution is 0.0694. The van der Waals surface area contributed by atoms with Crippen LogP contribution in [0.4, 0.5) is 0 Å². The average Bonchev–Trinajstić information content (AvgIpc) is 2.67. The maximum atomic E-state index is 11.7. The Morgan fingerprint density at radius 3 is 1.88 bits per heavy atom. The van der Waals surface area contributed by atoms with E-state index in [2.05, 4.69) is 0 Å². The third kappa shape index (κ3) is 2.97.